The van der Waals surface area contributed by atoms with Crippen molar-refractivity contribution < 1.29 is 23.8 Å². The van der Waals surface area contributed by atoms with Crippen LogP contribution < -0.4 is 9.47 Å². The molecule has 3 aromatic rings. The summed E-state index contributed by atoms with van der Waals surface area (Å²) in [7, 11) is 0. The number of ether oxygens (including phenoxy) is 3. The Balaban J connectivity index is 1.43. The Morgan fingerprint density at radius 3 is 2.55 bits per heavy atom. The van der Waals surface area contributed by atoms with E-state index in [-0.39, 0.29) is 19.2 Å². The SMILES string of the molecule is Cc1cc(C(=O)OCC(=O)c2ccc3c(c2)OCO3)c(C)n1Cc1ccccc1. The number of aryl methyl sites for hydroxylation is 1. The second kappa shape index (κ2) is 7.83. The molecule has 148 valence electrons. The summed E-state index contributed by atoms with van der Waals surface area (Å²) in [6.45, 7) is 4.31. The Morgan fingerprint density at radius 1 is 1.00 bits per heavy atom. The van der Waals surface area contributed by atoms with Crippen LogP contribution in [-0.4, -0.2) is 29.7 Å². The molecule has 1 aliphatic rings. The van der Waals surface area contributed by atoms with E-state index in [1.54, 1.807) is 24.3 Å². The molecule has 0 saturated heterocycles. The number of ketones is 1. The van der Waals surface area contributed by atoms with Crippen molar-refractivity contribution in [2.75, 3.05) is 13.4 Å². The summed E-state index contributed by atoms with van der Waals surface area (Å²) in [5.74, 6) is 0.317. The van der Waals surface area contributed by atoms with Crippen LogP contribution >= 0.6 is 0 Å². The minimum atomic E-state index is -0.508. The lowest BCUT2D eigenvalue weighted by molar-refractivity contribution is 0.0474. The maximum atomic E-state index is 12.6. The standard InChI is InChI=1S/C23H21NO5/c1-15-10-19(16(2)24(15)12-17-6-4-3-5-7-17)23(26)27-13-20(25)18-8-9-21-22(11-18)29-14-28-21/h3-11H,12-14H2,1-2H3. The number of hydrogen-bond donors (Lipinski definition) is 0. The fraction of sp³-hybridized carbons (Fsp3) is 0.217. The van der Waals surface area contributed by atoms with E-state index in [0.29, 0.717) is 29.2 Å². The van der Waals surface area contributed by atoms with Crippen molar-refractivity contribution in [3.05, 3.63) is 82.7 Å². The molecule has 0 saturated carbocycles. The van der Waals surface area contributed by atoms with Crippen LogP contribution in [-0.2, 0) is 11.3 Å². The van der Waals surface area contributed by atoms with Crippen molar-refractivity contribution in [3.8, 4) is 11.5 Å². The summed E-state index contributed by atoms with van der Waals surface area (Å²) in [5, 5.41) is 0. The van der Waals surface area contributed by atoms with E-state index in [1.165, 1.54) is 0 Å². The van der Waals surface area contributed by atoms with Crippen molar-refractivity contribution in [2.24, 2.45) is 0 Å². The third-order valence-corrected chi connectivity index (χ3v) is 5.01. The second-order valence-corrected chi connectivity index (χ2v) is 6.92. The predicted molar refractivity (Wildman–Crippen MR) is 107 cm³/mol. The van der Waals surface area contributed by atoms with Crippen LogP contribution in [0.2, 0.25) is 0 Å². The van der Waals surface area contributed by atoms with Gasteiger partial charge in [-0.05, 0) is 43.7 Å². The van der Waals surface area contributed by atoms with Gasteiger partial charge in [0.05, 0.1) is 5.56 Å². The molecule has 0 fully saturated rings. The van der Waals surface area contributed by atoms with Crippen LogP contribution in [0.15, 0.2) is 54.6 Å². The van der Waals surface area contributed by atoms with Crippen molar-refractivity contribution in [1.29, 1.82) is 0 Å². The first kappa shape index (κ1) is 18.8. The Labute approximate surface area is 168 Å². The number of fused-ring (bicyclic) bond motifs is 1. The van der Waals surface area contributed by atoms with Crippen molar-refractivity contribution >= 4 is 11.8 Å². The summed E-state index contributed by atoms with van der Waals surface area (Å²) in [4.78, 5) is 25.0. The van der Waals surface area contributed by atoms with E-state index >= 15 is 0 Å². The average molecular weight is 391 g/mol. The highest BCUT2D eigenvalue weighted by molar-refractivity contribution is 6.00. The molecule has 0 aliphatic carbocycles. The zero-order chi connectivity index (χ0) is 20.4. The summed E-state index contributed by atoms with van der Waals surface area (Å²) in [6, 6.07) is 16.7. The first-order chi connectivity index (χ1) is 14.0. The lowest BCUT2D eigenvalue weighted by Gasteiger charge is -2.10. The number of carbonyl (C=O) groups is 2. The van der Waals surface area contributed by atoms with Gasteiger partial charge < -0.3 is 18.8 Å². The van der Waals surface area contributed by atoms with Crippen LogP contribution in [0.25, 0.3) is 0 Å². The molecule has 0 radical (unpaired) electrons. The molecule has 6 nitrogen and oxygen atoms in total. The van der Waals surface area contributed by atoms with Crippen LogP contribution in [0.4, 0.5) is 0 Å². The molecule has 0 N–H and O–H groups in total. The molecular weight excluding hydrogens is 370 g/mol. The summed E-state index contributed by atoms with van der Waals surface area (Å²) < 4.78 is 17.9. The fourth-order valence-corrected chi connectivity index (χ4v) is 3.38. The maximum absolute atomic E-state index is 12.6. The van der Waals surface area contributed by atoms with Gasteiger partial charge in [-0.3, -0.25) is 4.79 Å². The monoisotopic (exact) mass is 391 g/mol. The van der Waals surface area contributed by atoms with Crippen molar-refractivity contribution in [3.63, 3.8) is 0 Å². The number of carbonyl (C=O) groups excluding carboxylic acids is 2. The molecule has 2 aromatic carbocycles. The Hall–Kier alpha value is -3.54. The molecule has 4 rings (SSSR count). The predicted octanol–water partition coefficient (Wildman–Crippen LogP) is 3.92. The van der Waals surface area contributed by atoms with E-state index in [4.69, 9.17) is 14.2 Å². The smallest absolute Gasteiger partial charge is 0.340 e. The third kappa shape index (κ3) is 3.87. The first-order valence-electron chi connectivity index (χ1n) is 9.33. The molecule has 6 heteroatoms. The van der Waals surface area contributed by atoms with Gasteiger partial charge in [0.1, 0.15) is 0 Å². The van der Waals surface area contributed by atoms with Gasteiger partial charge in [0.25, 0.3) is 0 Å². The topological polar surface area (TPSA) is 66.8 Å². The molecule has 2 heterocycles. The highest BCUT2D eigenvalue weighted by atomic mass is 16.7. The molecule has 0 bridgehead atoms. The third-order valence-electron chi connectivity index (χ3n) is 5.01. The summed E-state index contributed by atoms with van der Waals surface area (Å²) in [5.41, 5.74) is 3.80. The highest BCUT2D eigenvalue weighted by Gasteiger charge is 2.20. The second-order valence-electron chi connectivity index (χ2n) is 6.92. The van der Waals surface area contributed by atoms with Gasteiger partial charge >= 0.3 is 5.97 Å². The van der Waals surface area contributed by atoms with Gasteiger partial charge in [-0.15, -0.1) is 0 Å². The lowest BCUT2D eigenvalue weighted by Crippen LogP contribution is -2.15. The molecular formula is C23H21NO5. The quantitative estimate of drug-likeness (QED) is 0.471. The molecule has 1 aromatic heterocycles. The van der Waals surface area contributed by atoms with Crippen LogP contribution in [0.5, 0.6) is 11.5 Å². The van der Waals surface area contributed by atoms with Crippen LogP contribution in [0.3, 0.4) is 0 Å². The van der Waals surface area contributed by atoms with Crippen LogP contribution in [0.1, 0.15) is 37.7 Å². The average Bonchev–Trinajstić information content (AvgIpc) is 3.31. The van der Waals surface area contributed by atoms with Gasteiger partial charge in [0.2, 0.25) is 6.79 Å². The zero-order valence-electron chi connectivity index (χ0n) is 16.3. The number of rotatable bonds is 6. The minimum absolute atomic E-state index is 0.139. The fourth-order valence-electron chi connectivity index (χ4n) is 3.38. The Bertz CT molecular complexity index is 1070. The molecule has 0 unspecified atom stereocenters. The van der Waals surface area contributed by atoms with Gasteiger partial charge in [-0.1, -0.05) is 30.3 Å². The maximum Gasteiger partial charge on any atom is 0.340 e. The Kier molecular flexibility index (Phi) is 5.08. The van der Waals surface area contributed by atoms with Crippen molar-refractivity contribution in [1.82, 2.24) is 4.57 Å². The zero-order valence-corrected chi connectivity index (χ0v) is 16.3. The number of esters is 1. The van der Waals surface area contributed by atoms with Crippen molar-refractivity contribution in [2.45, 2.75) is 20.4 Å². The van der Waals surface area contributed by atoms with E-state index in [0.717, 1.165) is 17.0 Å². The van der Waals surface area contributed by atoms with Gasteiger partial charge in [0.15, 0.2) is 23.9 Å². The molecule has 0 spiro atoms. The number of Topliss-reactive ketones (excluding diaryl/α,β-unsaturated/α-hetero) is 1. The summed E-state index contributed by atoms with van der Waals surface area (Å²) >= 11 is 0. The lowest BCUT2D eigenvalue weighted by atomic mass is 10.1. The molecule has 29 heavy (non-hydrogen) atoms. The number of nitrogens with zero attached hydrogens (tertiary/aromatic N) is 1. The van der Waals surface area contributed by atoms with Gasteiger partial charge in [-0.2, -0.15) is 0 Å². The minimum Gasteiger partial charge on any atom is -0.454 e. The van der Waals surface area contributed by atoms with E-state index in [2.05, 4.69) is 4.57 Å². The number of hydrogen-bond acceptors (Lipinski definition) is 5. The number of benzene rings is 2. The summed E-state index contributed by atoms with van der Waals surface area (Å²) in [6.07, 6.45) is 0. The van der Waals surface area contributed by atoms with E-state index in [1.807, 2.05) is 44.2 Å². The van der Waals surface area contributed by atoms with E-state index in [9.17, 15) is 9.59 Å². The van der Waals surface area contributed by atoms with Gasteiger partial charge in [0, 0.05) is 23.5 Å². The first-order valence-corrected chi connectivity index (χ1v) is 9.33. The molecule has 0 amide bonds. The molecule has 1 aliphatic heterocycles. The number of aromatic nitrogens is 1. The largest absolute Gasteiger partial charge is 0.454 e. The highest BCUT2D eigenvalue weighted by Crippen LogP contribution is 2.32. The van der Waals surface area contributed by atoms with E-state index < -0.39 is 5.97 Å². The molecule has 0 atom stereocenters. The van der Waals surface area contributed by atoms with Crippen LogP contribution in [0, 0.1) is 13.8 Å². The normalized spacial score (nSPS) is 12.1. The Morgan fingerprint density at radius 2 is 1.76 bits per heavy atom. The van der Waals surface area contributed by atoms with Gasteiger partial charge in [-0.25, -0.2) is 4.79 Å².